The molecule has 0 atom stereocenters. The maximum atomic E-state index is 12.1. The van der Waals surface area contributed by atoms with Gasteiger partial charge in [-0.2, -0.15) is 0 Å². The number of benzene rings is 1. The fraction of sp³-hybridized carbons (Fsp3) is 0.353. The van der Waals surface area contributed by atoms with Gasteiger partial charge >= 0.3 is 0 Å². The molecule has 25 heavy (non-hydrogen) atoms. The average Bonchev–Trinajstić information content (AvgIpc) is 2.80. The Morgan fingerprint density at radius 3 is 2.72 bits per heavy atom. The fourth-order valence-electron chi connectivity index (χ4n) is 2.13. The van der Waals surface area contributed by atoms with Crippen LogP contribution < -0.4 is 9.74 Å². The van der Waals surface area contributed by atoms with Crippen LogP contribution in [0.15, 0.2) is 28.7 Å². The summed E-state index contributed by atoms with van der Waals surface area (Å²) in [5.74, 6) is 0.161. The molecular weight excluding hydrogens is 426 g/mol. The lowest BCUT2D eigenvalue weighted by Crippen LogP contribution is -2.29. The summed E-state index contributed by atoms with van der Waals surface area (Å²) in [4.78, 5) is 12.1. The van der Waals surface area contributed by atoms with Crippen molar-refractivity contribution < 1.29 is 18.7 Å². The van der Waals surface area contributed by atoms with Gasteiger partial charge in [-0.15, -0.1) is 0 Å². The van der Waals surface area contributed by atoms with Crippen molar-refractivity contribution in [2.75, 3.05) is 10.6 Å². The highest BCUT2D eigenvalue weighted by molar-refractivity contribution is 9.09. The van der Waals surface area contributed by atoms with E-state index in [1.807, 2.05) is 19.6 Å². The number of aromatic hydroxyl groups is 1. The summed E-state index contributed by atoms with van der Waals surface area (Å²) >= 11 is 9.32. The van der Waals surface area contributed by atoms with Gasteiger partial charge in [-0.1, -0.05) is 39.7 Å². The summed E-state index contributed by atoms with van der Waals surface area (Å²) in [6.07, 6.45) is 1.04. The molecular formula is C17H21BrClNO4Si. The van der Waals surface area contributed by atoms with E-state index >= 15 is 0 Å². The van der Waals surface area contributed by atoms with Crippen LogP contribution in [0.5, 0.6) is 11.5 Å². The minimum Gasteiger partial charge on any atom is -0.538 e. The summed E-state index contributed by atoms with van der Waals surface area (Å²) in [5.41, 5.74) is 0.603. The molecule has 0 fully saturated rings. The van der Waals surface area contributed by atoms with E-state index in [0.29, 0.717) is 23.4 Å². The molecule has 1 amide bonds. The molecule has 1 aromatic carbocycles. The number of amides is 1. The molecule has 0 bridgehead atoms. The minimum atomic E-state index is -2.04. The first-order valence-electron chi connectivity index (χ1n) is 7.88. The molecule has 2 aromatic rings. The molecule has 1 heterocycles. The SMILES string of the molecule is C[Si](C)(C)Oc1c(NC(=O)CCCBr)oc(-c2cccc(Cl)c2)c1O. The molecule has 2 N–H and O–H groups in total. The predicted octanol–water partition coefficient (Wildman–Crippen LogP) is 5.63. The van der Waals surface area contributed by atoms with Gasteiger partial charge in [0.05, 0.1) is 0 Å². The lowest BCUT2D eigenvalue weighted by molar-refractivity contribution is -0.116. The average molecular weight is 447 g/mol. The third-order valence-corrected chi connectivity index (χ3v) is 4.74. The highest BCUT2D eigenvalue weighted by Gasteiger charge is 2.28. The molecule has 5 nitrogen and oxygen atoms in total. The maximum Gasteiger partial charge on any atom is 0.245 e. The summed E-state index contributed by atoms with van der Waals surface area (Å²) < 4.78 is 11.7. The second kappa shape index (κ2) is 8.29. The smallest absolute Gasteiger partial charge is 0.245 e. The monoisotopic (exact) mass is 445 g/mol. The standard InChI is InChI=1S/C17H21BrClNO4Si/c1-25(2,3)24-16-14(22)15(11-6-4-7-12(19)10-11)23-17(16)20-13(21)8-5-9-18/h4,6-7,10,22H,5,8-9H2,1-3H3,(H,20,21). The second-order valence-corrected chi connectivity index (χ2v) is 12.2. The van der Waals surface area contributed by atoms with Crippen LogP contribution >= 0.6 is 27.5 Å². The van der Waals surface area contributed by atoms with Crippen molar-refractivity contribution in [3.63, 3.8) is 0 Å². The van der Waals surface area contributed by atoms with Crippen LogP contribution in [0.4, 0.5) is 5.88 Å². The summed E-state index contributed by atoms with van der Waals surface area (Å²) in [6, 6.07) is 6.93. The topological polar surface area (TPSA) is 71.7 Å². The van der Waals surface area contributed by atoms with Gasteiger partial charge in [0.2, 0.25) is 31.6 Å². The Bertz CT molecular complexity index is 758. The van der Waals surface area contributed by atoms with Crippen molar-refractivity contribution in [3.05, 3.63) is 29.3 Å². The molecule has 0 saturated carbocycles. The van der Waals surface area contributed by atoms with E-state index < -0.39 is 8.32 Å². The molecule has 0 aliphatic heterocycles. The van der Waals surface area contributed by atoms with Crippen molar-refractivity contribution in [3.8, 4) is 22.8 Å². The number of hydrogen-bond acceptors (Lipinski definition) is 4. The number of carbonyl (C=O) groups is 1. The zero-order valence-electron chi connectivity index (χ0n) is 14.4. The van der Waals surface area contributed by atoms with Gasteiger partial charge in [-0.3, -0.25) is 10.1 Å². The highest BCUT2D eigenvalue weighted by Crippen LogP contribution is 2.47. The molecule has 0 unspecified atom stereocenters. The molecule has 0 aliphatic rings. The van der Waals surface area contributed by atoms with Crippen LogP contribution in [0, 0.1) is 0 Å². The van der Waals surface area contributed by atoms with E-state index in [2.05, 4.69) is 21.2 Å². The van der Waals surface area contributed by atoms with Gasteiger partial charge in [0, 0.05) is 22.3 Å². The van der Waals surface area contributed by atoms with Crippen molar-refractivity contribution in [1.29, 1.82) is 0 Å². The van der Waals surface area contributed by atoms with Crippen LogP contribution in [0.1, 0.15) is 12.8 Å². The van der Waals surface area contributed by atoms with Crippen LogP contribution in [0.25, 0.3) is 11.3 Å². The first kappa shape index (κ1) is 19.9. The van der Waals surface area contributed by atoms with E-state index in [1.54, 1.807) is 24.3 Å². The van der Waals surface area contributed by atoms with E-state index in [1.165, 1.54) is 0 Å². The quantitative estimate of drug-likeness (QED) is 0.427. The van der Waals surface area contributed by atoms with Gasteiger partial charge in [0.25, 0.3) is 0 Å². The first-order chi connectivity index (χ1) is 11.7. The van der Waals surface area contributed by atoms with E-state index in [0.717, 1.165) is 5.33 Å². The van der Waals surface area contributed by atoms with Crippen molar-refractivity contribution in [2.45, 2.75) is 32.5 Å². The largest absolute Gasteiger partial charge is 0.538 e. The van der Waals surface area contributed by atoms with Crippen LogP contribution in [0.2, 0.25) is 24.7 Å². The predicted molar refractivity (Wildman–Crippen MR) is 106 cm³/mol. The first-order valence-corrected chi connectivity index (χ1v) is 12.8. The molecule has 0 saturated heterocycles. The van der Waals surface area contributed by atoms with Crippen LogP contribution in [-0.2, 0) is 4.79 Å². The van der Waals surface area contributed by atoms with Crippen molar-refractivity contribution in [2.24, 2.45) is 0 Å². The van der Waals surface area contributed by atoms with E-state index in [-0.39, 0.29) is 29.1 Å². The van der Waals surface area contributed by atoms with Crippen LogP contribution in [0.3, 0.4) is 0 Å². The zero-order valence-corrected chi connectivity index (χ0v) is 17.7. The lowest BCUT2D eigenvalue weighted by atomic mass is 10.1. The molecule has 0 spiro atoms. The van der Waals surface area contributed by atoms with Crippen molar-refractivity contribution >= 4 is 47.6 Å². The number of halogens is 2. The Morgan fingerprint density at radius 2 is 2.12 bits per heavy atom. The van der Waals surface area contributed by atoms with E-state index in [4.69, 9.17) is 20.4 Å². The molecule has 1 aromatic heterocycles. The molecule has 0 aliphatic carbocycles. The number of nitrogens with one attached hydrogen (secondary N) is 1. The summed E-state index contributed by atoms with van der Waals surface area (Å²) in [5, 5.41) is 14.5. The number of alkyl halides is 1. The molecule has 8 heteroatoms. The summed E-state index contributed by atoms with van der Waals surface area (Å²) in [7, 11) is -2.04. The lowest BCUT2D eigenvalue weighted by Gasteiger charge is -2.18. The zero-order chi connectivity index (χ0) is 18.6. The number of rotatable bonds is 7. The third kappa shape index (κ3) is 5.52. The fourth-order valence-corrected chi connectivity index (χ4v) is 3.40. The van der Waals surface area contributed by atoms with Crippen molar-refractivity contribution in [1.82, 2.24) is 0 Å². The van der Waals surface area contributed by atoms with E-state index in [9.17, 15) is 9.90 Å². The second-order valence-electron chi connectivity index (χ2n) is 6.50. The Balaban J connectivity index is 2.42. The van der Waals surface area contributed by atoms with Gasteiger partial charge in [-0.25, -0.2) is 0 Å². The molecule has 136 valence electrons. The Kier molecular flexibility index (Phi) is 6.59. The van der Waals surface area contributed by atoms with Gasteiger partial charge in [0.1, 0.15) is 0 Å². The normalized spacial score (nSPS) is 11.4. The number of hydrogen-bond donors (Lipinski definition) is 2. The van der Waals surface area contributed by atoms with Crippen LogP contribution in [-0.4, -0.2) is 24.7 Å². The highest BCUT2D eigenvalue weighted by atomic mass is 79.9. The number of furan rings is 1. The Labute approximate surface area is 161 Å². The third-order valence-electron chi connectivity index (χ3n) is 3.13. The Morgan fingerprint density at radius 1 is 1.40 bits per heavy atom. The van der Waals surface area contributed by atoms with Gasteiger partial charge in [0.15, 0.2) is 5.76 Å². The Hall–Kier alpha value is -1.44. The molecule has 0 radical (unpaired) electrons. The van der Waals surface area contributed by atoms with Gasteiger partial charge in [-0.05, 0) is 38.2 Å². The maximum absolute atomic E-state index is 12.1. The number of carbonyl (C=O) groups excluding carboxylic acids is 1. The summed E-state index contributed by atoms with van der Waals surface area (Å²) in [6.45, 7) is 5.94. The molecule has 2 rings (SSSR count). The van der Waals surface area contributed by atoms with Gasteiger partial charge < -0.3 is 13.9 Å². The minimum absolute atomic E-state index is 0.120. The number of anilines is 1.